The summed E-state index contributed by atoms with van der Waals surface area (Å²) in [6, 6.07) is 0.985. The minimum absolute atomic E-state index is 0.0116. The molecule has 2 nitrogen and oxygen atoms in total. The van der Waals surface area contributed by atoms with Crippen LogP contribution in [0.5, 0.6) is 0 Å². The molecule has 0 bridgehead atoms. The zero-order valence-electron chi connectivity index (χ0n) is 8.94. The number of hydrogen-bond acceptors (Lipinski definition) is 2. The van der Waals surface area contributed by atoms with Crippen LogP contribution >= 0.6 is 0 Å². The van der Waals surface area contributed by atoms with Gasteiger partial charge in [-0.15, -0.1) is 6.58 Å². The van der Waals surface area contributed by atoms with Gasteiger partial charge in [0.1, 0.15) is 0 Å². The molecule has 0 aromatic carbocycles. The Bertz CT molecular complexity index is 133. The van der Waals surface area contributed by atoms with Crippen LogP contribution in [0.4, 0.5) is 0 Å². The summed E-state index contributed by atoms with van der Waals surface area (Å²) in [6.45, 7) is 12.5. The van der Waals surface area contributed by atoms with Gasteiger partial charge in [-0.25, -0.2) is 0 Å². The molecule has 3 heteroatoms. The molecule has 0 radical (unpaired) electrons. The maximum absolute atomic E-state index is 3.85. The first kappa shape index (κ1) is 11.9. The zero-order chi connectivity index (χ0) is 9.78. The Morgan fingerprint density at radius 1 is 1.17 bits per heavy atom. The molecular formula is C9H22N2Si. The summed E-state index contributed by atoms with van der Waals surface area (Å²) in [6.07, 6.45) is 1.97. The van der Waals surface area contributed by atoms with Gasteiger partial charge in [-0.1, -0.05) is 6.08 Å². The van der Waals surface area contributed by atoms with Crippen molar-refractivity contribution in [3.63, 3.8) is 0 Å². The molecule has 0 unspecified atom stereocenters. The van der Waals surface area contributed by atoms with Gasteiger partial charge in [-0.2, -0.15) is 0 Å². The Labute approximate surface area is 79.2 Å². The average Bonchev–Trinajstić information content (AvgIpc) is 1.83. The molecule has 72 valence electrons. The van der Waals surface area contributed by atoms with Crippen LogP contribution in [0.1, 0.15) is 27.7 Å². The lowest BCUT2D eigenvalue weighted by Gasteiger charge is -2.33. The van der Waals surface area contributed by atoms with Crippen LogP contribution < -0.4 is 10.6 Å². The topological polar surface area (TPSA) is 24.1 Å². The van der Waals surface area contributed by atoms with Gasteiger partial charge in [-0.3, -0.25) is 10.6 Å². The average molecular weight is 186 g/mol. The number of hydrogen-bond donors (Lipinski definition) is 2. The van der Waals surface area contributed by atoms with E-state index in [4.69, 9.17) is 0 Å². The third kappa shape index (κ3) is 4.69. The molecular weight excluding hydrogens is 164 g/mol. The first-order chi connectivity index (χ1) is 5.39. The molecule has 0 spiro atoms. The highest BCUT2D eigenvalue weighted by molar-refractivity contribution is 6.16. The quantitative estimate of drug-likeness (QED) is 0.364. The largest absolute Gasteiger partial charge is 0.298 e. The van der Waals surface area contributed by atoms with Gasteiger partial charge >= 0.3 is 0 Å². The Balaban J connectivity index is 4.14. The maximum Gasteiger partial charge on any atom is 0.0654 e. The molecule has 0 rings (SSSR count). The summed E-state index contributed by atoms with van der Waals surface area (Å²) in [5.41, 5.74) is 0. The van der Waals surface area contributed by atoms with E-state index in [2.05, 4.69) is 44.9 Å². The van der Waals surface area contributed by atoms with Crippen LogP contribution in [0.3, 0.4) is 0 Å². The second-order valence-corrected chi connectivity index (χ2v) is 5.58. The van der Waals surface area contributed by atoms with Crippen LogP contribution in [-0.4, -0.2) is 27.6 Å². The van der Waals surface area contributed by atoms with Gasteiger partial charge in [0, 0.05) is 12.1 Å². The van der Waals surface area contributed by atoms with E-state index < -0.39 is 0 Å². The first-order valence-corrected chi connectivity index (χ1v) is 5.58. The molecule has 0 heterocycles. The molecule has 0 aliphatic heterocycles. The minimum Gasteiger partial charge on any atom is -0.298 e. The molecule has 0 saturated carbocycles. The van der Waals surface area contributed by atoms with Crippen molar-refractivity contribution in [1.82, 2.24) is 10.6 Å². The molecule has 0 atom stereocenters. The minimum atomic E-state index is -0.0116. The fourth-order valence-corrected chi connectivity index (χ4v) is 2.51. The Kier molecular flexibility index (Phi) is 4.75. The predicted molar refractivity (Wildman–Crippen MR) is 59.4 cm³/mol. The van der Waals surface area contributed by atoms with Gasteiger partial charge in [0.2, 0.25) is 0 Å². The lowest BCUT2D eigenvalue weighted by molar-refractivity contribution is 0.377. The van der Waals surface area contributed by atoms with Gasteiger partial charge in [0.25, 0.3) is 0 Å². The molecule has 0 aromatic heterocycles. The maximum atomic E-state index is 3.85. The highest BCUT2D eigenvalue weighted by Crippen LogP contribution is 1.99. The monoisotopic (exact) mass is 186 g/mol. The Hall–Kier alpha value is -0.123. The van der Waals surface area contributed by atoms with Crippen molar-refractivity contribution < 1.29 is 0 Å². The molecule has 0 saturated heterocycles. The Morgan fingerprint density at radius 2 is 1.50 bits per heavy atom. The van der Waals surface area contributed by atoms with Crippen molar-refractivity contribution in [2.24, 2.45) is 0 Å². The van der Waals surface area contributed by atoms with E-state index in [1.54, 1.807) is 0 Å². The smallest absolute Gasteiger partial charge is 0.0654 e. The van der Waals surface area contributed by atoms with Gasteiger partial charge in [0.15, 0.2) is 0 Å². The molecule has 2 N–H and O–H groups in total. The fraction of sp³-hybridized carbons (Fsp3) is 0.778. The lowest BCUT2D eigenvalue weighted by atomic mass is 10.3. The third-order valence-electron chi connectivity index (χ3n) is 1.59. The Morgan fingerprint density at radius 3 is 1.67 bits per heavy atom. The summed E-state index contributed by atoms with van der Waals surface area (Å²) in [5.74, 6) is 0. The van der Waals surface area contributed by atoms with Crippen molar-refractivity contribution in [3.8, 4) is 0 Å². The standard InChI is InChI=1S/C9H22N2Si/c1-6-9(12,10-7(2)3)11-8(4)5/h6-8,10-11H,1H2,2-5,12H3. The summed E-state index contributed by atoms with van der Waals surface area (Å²) >= 11 is 0. The van der Waals surface area contributed by atoms with Crippen LogP contribution in [0.2, 0.25) is 0 Å². The van der Waals surface area contributed by atoms with Crippen molar-refractivity contribution >= 4 is 10.2 Å². The van der Waals surface area contributed by atoms with Crippen molar-refractivity contribution in [2.45, 2.75) is 45.1 Å². The van der Waals surface area contributed by atoms with Crippen LogP contribution in [0, 0.1) is 0 Å². The highest BCUT2D eigenvalue weighted by Gasteiger charge is 2.20. The first-order valence-electron chi connectivity index (χ1n) is 4.58. The predicted octanol–water partition coefficient (Wildman–Crippen LogP) is 0.188. The summed E-state index contributed by atoms with van der Waals surface area (Å²) in [5, 5.41) is 6.93. The second kappa shape index (κ2) is 4.79. The summed E-state index contributed by atoms with van der Waals surface area (Å²) in [4.78, 5) is 0. The van der Waals surface area contributed by atoms with Crippen molar-refractivity contribution in [1.29, 1.82) is 0 Å². The summed E-state index contributed by atoms with van der Waals surface area (Å²) in [7, 11) is 1.02. The van der Waals surface area contributed by atoms with E-state index in [0.29, 0.717) is 12.1 Å². The summed E-state index contributed by atoms with van der Waals surface area (Å²) < 4.78 is 0. The highest BCUT2D eigenvalue weighted by atomic mass is 28.1. The molecule has 12 heavy (non-hydrogen) atoms. The molecule has 0 aliphatic carbocycles. The van der Waals surface area contributed by atoms with Gasteiger partial charge < -0.3 is 0 Å². The van der Waals surface area contributed by atoms with Crippen molar-refractivity contribution in [2.75, 3.05) is 0 Å². The van der Waals surface area contributed by atoms with E-state index in [1.807, 2.05) is 6.08 Å². The third-order valence-corrected chi connectivity index (χ3v) is 2.57. The van der Waals surface area contributed by atoms with E-state index >= 15 is 0 Å². The normalized spacial score (nSPS) is 12.8. The van der Waals surface area contributed by atoms with E-state index in [9.17, 15) is 0 Å². The fourth-order valence-electron chi connectivity index (χ4n) is 1.36. The SMILES string of the molecule is C=CC([SiH3])(NC(C)C)NC(C)C. The van der Waals surface area contributed by atoms with E-state index in [0.717, 1.165) is 10.2 Å². The molecule has 0 aromatic rings. The van der Waals surface area contributed by atoms with Crippen LogP contribution in [0.15, 0.2) is 12.7 Å². The van der Waals surface area contributed by atoms with Gasteiger partial charge in [0.05, 0.1) is 15.5 Å². The van der Waals surface area contributed by atoms with Crippen molar-refractivity contribution in [3.05, 3.63) is 12.7 Å². The second-order valence-electron chi connectivity index (χ2n) is 4.00. The molecule has 0 aliphatic rings. The number of nitrogens with one attached hydrogen (secondary N) is 2. The van der Waals surface area contributed by atoms with Crippen LogP contribution in [0.25, 0.3) is 0 Å². The lowest BCUT2D eigenvalue weighted by Crippen LogP contribution is -2.60. The molecule has 0 amide bonds. The van der Waals surface area contributed by atoms with E-state index in [-0.39, 0.29) is 5.29 Å². The zero-order valence-corrected chi connectivity index (χ0v) is 10.9. The van der Waals surface area contributed by atoms with Crippen LogP contribution in [-0.2, 0) is 0 Å². The van der Waals surface area contributed by atoms with E-state index in [1.165, 1.54) is 0 Å². The number of rotatable bonds is 5. The van der Waals surface area contributed by atoms with Gasteiger partial charge in [-0.05, 0) is 27.7 Å². The molecule has 0 fully saturated rings.